The van der Waals surface area contributed by atoms with E-state index in [0.29, 0.717) is 5.75 Å². The lowest BCUT2D eigenvalue weighted by Crippen LogP contribution is -2.03. The Labute approximate surface area is 105 Å². The van der Waals surface area contributed by atoms with Crippen molar-refractivity contribution >= 4 is 12.0 Å². The van der Waals surface area contributed by atoms with Crippen LogP contribution in [0.2, 0.25) is 0 Å². The number of ether oxygens (including phenoxy) is 1. The first-order valence-corrected chi connectivity index (χ1v) is 5.48. The van der Waals surface area contributed by atoms with E-state index in [2.05, 4.69) is 0 Å². The second-order valence-electron chi connectivity index (χ2n) is 3.66. The van der Waals surface area contributed by atoms with Crippen LogP contribution in [-0.2, 0) is 4.79 Å². The SMILES string of the molecule is O=C(C=Cc1ccccc1)Oc1ccc(O)cc1. The lowest BCUT2D eigenvalue weighted by molar-refractivity contribution is -0.128. The highest BCUT2D eigenvalue weighted by Crippen LogP contribution is 2.16. The largest absolute Gasteiger partial charge is 0.508 e. The number of hydrogen-bond acceptors (Lipinski definition) is 3. The van der Waals surface area contributed by atoms with E-state index in [9.17, 15) is 4.79 Å². The summed E-state index contributed by atoms with van der Waals surface area (Å²) in [6, 6.07) is 15.5. The van der Waals surface area contributed by atoms with E-state index < -0.39 is 5.97 Å². The Morgan fingerprint density at radius 3 is 2.33 bits per heavy atom. The monoisotopic (exact) mass is 240 g/mol. The molecule has 2 rings (SSSR count). The van der Waals surface area contributed by atoms with Crippen LogP contribution in [0.1, 0.15) is 5.56 Å². The standard InChI is InChI=1S/C15H12O3/c16-13-7-9-14(10-8-13)18-15(17)11-6-12-4-2-1-3-5-12/h1-11,16H. The Morgan fingerprint density at radius 1 is 1.00 bits per heavy atom. The third-order valence-corrected chi connectivity index (χ3v) is 2.27. The van der Waals surface area contributed by atoms with Crippen molar-refractivity contribution in [2.45, 2.75) is 0 Å². The minimum Gasteiger partial charge on any atom is -0.508 e. The molecule has 90 valence electrons. The summed E-state index contributed by atoms with van der Waals surface area (Å²) in [5, 5.41) is 9.09. The Balaban J connectivity index is 1.97. The molecule has 0 saturated carbocycles. The predicted octanol–water partition coefficient (Wildman–Crippen LogP) is 3.01. The van der Waals surface area contributed by atoms with Gasteiger partial charge in [0.15, 0.2) is 0 Å². The van der Waals surface area contributed by atoms with Crippen molar-refractivity contribution in [1.29, 1.82) is 0 Å². The van der Waals surface area contributed by atoms with Crippen molar-refractivity contribution in [3.8, 4) is 11.5 Å². The third-order valence-electron chi connectivity index (χ3n) is 2.27. The second kappa shape index (κ2) is 5.68. The van der Waals surface area contributed by atoms with Gasteiger partial charge in [-0.25, -0.2) is 4.79 Å². The summed E-state index contributed by atoms with van der Waals surface area (Å²) in [6.07, 6.45) is 3.05. The highest BCUT2D eigenvalue weighted by molar-refractivity contribution is 5.88. The number of esters is 1. The van der Waals surface area contributed by atoms with Crippen LogP contribution in [0.5, 0.6) is 11.5 Å². The van der Waals surface area contributed by atoms with E-state index in [1.54, 1.807) is 6.08 Å². The van der Waals surface area contributed by atoms with E-state index in [0.717, 1.165) is 5.56 Å². The quantitative estimate of drug-likeness (QED) is 0.509. The zero-order valence-electron chi connectivity index (χ0n) is 9.61. The summed E-state index contributed by atoms with van der Waals surface area (Å²) in [4.78, 5) is 11.5. The fourth-order valence-electron chi connectivity index (χ4n) is 1.39. The summed E-state index contributed by atoms with van der Waals surface area (Å²) >= 11 is 0. The Kier molecular flexibility index (Phi) is 3.76. The molecule has 2 aromatic carbocycles. The highest BCUT2D eigenvalue weighted by atomic mass is 16.5. The molecule has 18 heavy (non-hydrogen) atoms. The third kappa shape index (κ3) is 3.49. The minimum absolute atomic E-state index is 0.134. The van der Waals surface area contributed by atoms with Gasteiger partial charge in [0.1, 0.15) is 11.5 Å². The van der Waals surface area contributed by atoms with Crippen molar-refractivity contribution in [3.05, 3.63) is 66.2 Å². The van der Waals surface area contributed by atoms with Crippen LogP contribution >= 0.6 is 0 Å². The van der Waals surface area contributed by atoms with Crippen LogP contribution in [0.3, 0.4) is 0 Å². The van der Waals surface area contributed by atoms with E-state index >= 15 is 0 Å². The first kappa shape index (κ1) is 11.9. The summed E-state index contributed by atoms with van der Waals surface area (Å²) < 4.78 is 5.05. The van der Waals surface area contributed by atoms with Crippen molar-refractivity contribution in [3.63, 3.8) is 0 Å². The van der Waals surface area contributed by atoms with Gasteiger partial charge in [0, 0.05) is 6.08 Å². The fourth-order valence-corrected chi connectivity index (χ4v) is 1.39. The molecule has 0 amide bonds. The first-order chi connectivity index (χ1) is 8.74. The summed E-state index contributed by atoms with van der Waals surface area (Å²) in [5.41, 5.74) is 0.931. The van der Waals surface area contributed by atoms with E-state index in [4.69, 9.17) is 9.84 Å². The van der Waals surface area contributed by atoms with Gasteiger partial charge in [-0.15, -0.1) is 0 Å². The number of carbonyl (C=O) groups is 1. The molecule has 0 radical (unpaired) electrons. The van der Waals surface area contributed by atoms with Gasteiger partial charge in [0.2, 0.25) is 0 Å². The fraction of sp³-hybridized carbons (Fsp3) is 0. The lowest BCUT2D eigenvalue weighted by Gasteiger charge is -2.00. The lowest BCUT2D eigenvalue weighted by atomic mass is 10.2. The van der Waals surface area contributed by atoms with E-state index in [-0.39, 0.29) is 5.75 Å². The average Bonchev–Trinajstić information content (AvgIpc) is 2.40. The highest BCUT2D eigenvalue weighted by Gasteiger charge is 2.00. The number of aromatic hydroxyl groups is 1. The van der Waals surface area contributed by atoms with Gasteiger partial charge in [0.25, 0.3) is 0 Å². The van der Waals surface area contributed by atoms with Gasteiger partial charge in [0.05, 0.1) is 0 Å². The summed E-state index contributed by atoms with van der Waals surface area (Å²) in [7, 11) is 0. The van der Waals surface area contributed by atoms with Gasteiger partial charge < -0.3 is 9.84 Å². The second-order valence-corrected chi connectivity index (χ2v) is 3.66. The molecular formula is C15H12O3. The molecule has 3 nitrogen and oxygen atoms in total. The van der Waals surface area contributed by atoms with E-state index in [1.165, 1.54) is 30.3 Å². The summed E-state index contributed by atoms with van der Waals surface area (Å²) in [5.74, 6) is 0.0784. The molecule has 0 unspecified atom stereocenters. The van der Waals surface area contributed by atoms with Gasteiger partial charge in [-0.2, -0.15) is 0 Å². The molecular weight excluding hydrogens is 228 g/mol. The maximum atomic E-state index is 11.5. The maximum absolute atomic E-state index is 11.5. The predicted molar refractivity (Wildman–Crippen MR) is 69.2 cm³/mol. The molecule has 0 atom stereocenters. The Bertz CT molecular complexity index is 542. The smallest absolute Gasteiger partial charge is 0.336 e. The molecule has 0 heterocycles. The van der Waals surface area contributed by atoms with Gasteiger partial charge >= 0.3 is 5.97 Å². The first-order valence-electron chi connectivity index (χ1n) is 5.48. The van der Waals surface area contributed by atoms with Crippen LogP contribution in [-0.4, -0.2) is 11.1 Å². The van der Waals surface area contributed by atoms with Crippen molar-refractivity contribution in [2.24, 2.45) is 0 Å². The average molecular weight is 240 g/mol. The molecule has 1 N–H and O–H groups in total. The molecule has 0 aliphatic rings. The molecule has 0 spiro atoms. The van der Waals surface area contributed by atoms with Crippen LogP contribution in [0, 0.1) is 0 Å². The maximum Gasteiger partial charge on any atom is 0.336 e. The number of rotatable bonds is 3. The Morgan fingerprint density at radius 2 is 1.67 bits per heavy atom. The van der Waals surface area contributed by atoms with Crippen molar-refractivity contribution in [2.75, 3.05) is 0 Å². The topological polar surface area (TPSA) is 46.5 Å². The molecule has 0 fully saturated rings. The molecule has 0 aliphatic heterocycles. The van der Waals surface area contributed by atoms with Crippen molar-refractivity contribution in [1.82, 2.24) is 0 Å². The van der Waals surface area contributed by atoms with Gasteiger partial charge in [-0.1, -0.05) is 30.3 Å². The van der Waals surface area contributed by atoms with Gasteiger partial charge in [-0.05, 0) is 35.9 Å². The molecule has 2 aromatic rings. The molecule has 3 heteroatoms. The molecule has 0 aromatic heterocycles. The number of hydrogen-bond donors (Lipinski definition) is 1. The van der Waals surface area contributed by atoms with Crippen LogP contribution in [0.4, 0.5) is 0 Å². The van der Waals surface area contributed by atoms with E-state index in [1.807, 2.05) is 30.3 Å². The molecule has 0 saturated heterocycles. The molecule has 0 aliphatic carbocycles. The number of carbonyl (C=O) groups excluding carboxylic acids is 1. The Hall–Kier alpha value is -2.55. The van der Waals surface area contributed by atoms with Crippen LogP contribution in [0.15, 0.2) is 60.7 Å². The zero-order chi connectivity index (χ0) is 12.8. The number of benzene rings is 2. The number of phenolic OH excluding ortho intramolecular Hbond substituents is 1. The number of phenols is 1. The van der Waals surface area contributed by atoms with Gasteiger partial charge in [-0.3, -0.25) is 0 Å². The van der Waals surface area contributed by atoms with Crippen LogP contribution in [0.25, 0.3) is 6.08 Å². The van der Waals surface area contributed by atoms with Crippen LogP contribution < -0.4 is 4.74 Å². The minimum atomic E-state index is -0.454. The zero-order valence-corrected chi connectivity index (χ0v) is 9.61. The summed E-state index contributed by atoms with van der Waals surface area (Å²) in [6.45, 7) is 0. The van der Waals surface area contributed by atoms with Crippen molar-refractivity contribution < 1.29 is 14.6 Å². The normalized spacial score (nSPS) is 10.4. The molecule has 0 bridgehead atoms.